The lowest BCUT2D eigenvalue weighted by atomic mass is 10.1. The van der Waals surface area contributed by atoms with Crippen molar-refractivity contribution in [2.75, 3.05) is 12.4 Å². The van der Waals surface area contributed by atoms with Crippen molar-refractivity contribution in [2.45, 2.75) is 32.2 Å². The molecule has 0 aliphatic heterocycles. The van der Waals surface area contributed by atoms with Crippen LogP contribution in [0.15, 0.2) is 43.1 Å². The van der Waals surface area contributed by atoms with Gasteiger partial charge < -0.3 is 15.0 Å². The molecule has 1 aromatic carbocycles. The van der Waals surface area contributed by atoms with E-state index >= 15 is 0 Å². The highest BCUT2D eigenvalue weighted by Gasteiger charge is 2.31. The van der Waals surface area contributed by atoms with E-state index in [9.17, 15) is 0 Å². The number of aryl methyl sites for hydroxylation is 1. The quantitative estimate of drug-likeness (QED) is 0.380. The van der Waals surface area contributed by atoms with E-state index in [1.165, 1.54) is 6.33 Å². The highest BCUT2D eigenvalue weighted by molar-refractivity contribution is 5.85. The first kappa shape index (κ1) is 20.2. The van der Waals surface area contributed by atoms with Gasteiger partial charge in [-0.05, 0) is 37.5 Å². The number of methoxy groups -OCH3 is 1. The van der Waals surface area contributed by atoms with Gasteiger partial charge in [0.25, 0.3) is 0 Å². The first-order chi connectivity index (χ1) is 16.7. The molecule has 0 unspecified atom stereocenters. The summed E-state index contributed by atoms with van der Waals surface area (Å²) < 4.78 is 7.29. The summed E-state index contributed by atoms with van der Waals surface area (Å²) in [5, 5.41) is 11.6. The Bertz CT molecular complexity index is 1470. The van der Waals surface area contributed by atoms with Crippen molar-refractivity contribution in [1.82, 2.24) is 44.9 Å². The molecule has 1 saturated carbocycles. The van der Waals surface area contributed by atoms with Crippen molar-refractivity contribution in [2.24, 2.45) is 0 Å². The number of aromatic nitrogens is 9. The lowest BCUT2D eigenvalue weighted by molar-refractivity contribution is 0.397. The number of hydrogen-bond acceptors (Lipinski definition) is 9. The second kappa shape index (κ2) is 8.18. The number of fused-ring (bicyclic) bond motifs is 1. The SMILES string of the molecule is COc1ncnc(C2CC2)c1-c1nc(NCc2ccc(-n3cc(C)nn3)cc2)c2[nH]cnc2n1. The Morgan fingerprint density at radius 1 is 1.12 bits per heavy atom. The van der Waals surface area contributed by atoms with Crippen molar-refractivity contribution >= 4 is 17.0 Å². The van der Waals surface area contributed by atoms with E-state index in [1.807, 2.05) is 37.4 Å². The van der Waals surface area contributed by atoms with Gasteiger partial charge >= 0.3 is 0 Å². The van der Waals surface area contributed by atoms with Crippen LogP contribution in [0, 0.1) is 6.92 Å². The van der Waals surface area contributed by atoms with E-state index in [4.69, 9.17) is 9.72 Å². The predicted molar refractivity (Wildman–Crippen MR) is 125 cm³/mol. The zero-order valence-electron chi connectivity index (χ0n) is 18.7. The van der Waals surface area contributed by atoms with Gasteiger partial charge in [0.15, 0.2) is 17.3 Å². The minimum Gasteiger partial charge on any atom is -0.480 e. The van der Waals surface area contributed by atoms with Gasteiger partial charge in [0.1, 0.15) is 17.4 Å². The fraction of sp³-hybridized carbons (Fsp3) is 0.261. The maximum absolute atomic E-state index is 5.54. The topological polar surface area (TPSA) is 132 Å². The third kappa shape index (κ3) is 3.70. The normalized spacial score (nSPS) is 13.4. The van der Waals surface area contributed by atoms with Gasteiger partial charge in [-0.25, -0.2) is 29.6 Å². The Kier molecular flexibility index (Phi) is 4.86. The number of ether oxygens (including phenoxy) is 1. The molecule has 11 heteroatoms. The summed E-state index contributed by atoms with van der Waals surface area (Å²) in [7, 11) is 1.60. The van der Waals surface area contributed by atoms with Crippen LogP contribution in [0.4, 0.5) is 5.82 Å². The average Bonchev–Trinajstić information content (AvgIpc) is 3.45. The highest BCUT2D eigenvalue weighted by atomic mass is 16.5. The summed E-state index contributed by atoms with van der Waals surface area (Å²) in [6.45, 7) is 2.48. The largest absolute Gasteiger partial charge is 0.480 e. The monoisotopic (exact) mass is 454 g/mol. The highest BCUT2D eigenvalue weighted by Crippen LogP contribution is 2.45. The Morgan fingerprint density at radius 2 is 1.97 bits per heavy atom. The summed E-state index contributed by atoms with van der Waals surface area (Å²) in [5.41, 5.74) is 5.87. The predicted octanol–water partition coefficient (Wildman–Crippen LogP) is 3.20. The molecule has 0 saturated heterocycles. The van der Waals surface area contributed by atoms with Crippen LogP contribution >= 0.6 is 0 Å². The number of anilines is 1. The molecule has 0 amide bonds. The van der Waals surface area contributed by atoms with Crippen LogP contribution in [0.1, 0.15) is 35.7 Å². The van der Waals surface area contributed by atoms with Crippen LogP contribution in [0.25, 0.3) is 28.2 Å². The Morgan fingerprint density at radius 3 is 2.71 bits per heavy atom. The number of hydrogen-bond donors (Lipinski definition) is 2. The smallest absolute Gasteiger partial charge is 0.227 e. The number of nitrogens with zero attached hydrogens (tertiary/aromatic N) is 8. The van der Waals surface area contributed by atoms with Crippen molar-refractivity contribution in [1.29, 1.82) is 0 Å². The molecule has 34 heavy (non-hydrogen) atoms. The number of aromatic amines is 1. The molecule has 0 atom stereocenters. The molecule has 1 fully saturated rings. The third-order valence-electron chi connectivity index (χ3n) is 5.78. The molecule has 1 aliphatic rings. The second-order valence-corrected chi connectivity index (χ2v) is 8.24. The summed E-state index contributed by atoms with van der Waals surface area (Å²) in [5.74, 6) is 2.00. The van der Waals surface area contributed by atoms with E-state index in [0.29, 0.717) is 35.6 Å². The van der Waals surface area contributed by atoms with E-state index in [2.05, 4.69) is 40.5 Å². The Balaban J connectivity index is 1.32. The molecule has 2 N–H and O–H groups in total. The Labute approximate surface area is 194 Å². The summed E-state index contributed by atoms with van der Waals surface area (Å²) in [6.07, 6.45) is 7.22. The van der Waals surface area contributed by atoms with Gasteiger partial charge in [-0.3, -0.25) is 0 Å². The molecule has 6 rings (SSSR count). The molecule has 11 nitrogen and oxygen atoms in total. The van der Waals surface area contributed by atoms with Gasteiger partial charge in [-0.1, -0.05) is 17.3 Å². The molecule has 4 aromatic heterocycles. The number of rotatable bonds is 7. The van der Waals surface area contributed by atoms with Crippen LogP contribution in [0.5, 0.6) is 5.88 Å². The minimum atomic E-state index is 0.383. The fourth-order valence-electron chi connectivity index (χ4n) is 3.91. The first-order valence-corrected chi connectivity index (χ1v) is 11.0. The van der Waals surface area contributed by atoms with Gasteiger partial charge in [0, 0.05) is 12.5 Å². The van der Waals surface area contributed by atoms with Crippen molar-refractivity contribution in [3.8, 4) is 23.0 Å². The van der Waals surface area contributed by atoms with Gasteiger partial charge in [0.05, 0.1) is 36.7 Å². The maximum atomic E-state index is 5.54. The summed E-state index contributed by atoms with van der Waals surface area (Å²) in [4.78, 5) is 25.8. The Hall–Kier alpha value is -4.41. The molecule has 170 valence electrons. The maximum Gasteiger partial charge on any atom is 0.227 e. The van der Waals surface area contributed by atoms with Gasteiger partial charge in [-0.2, -0.15) is 0 Å². The molecular weight excluding hydrogens is 432 g/mol. The van der Waals surface area contributed by atoms with Crippen LogP contribution in [-0.4, -0.2) is 52.0 Å². The summed E-state index contributed by atoms with van der Waals surface area (Å²) in [6, 6.07) is 8.11. The van der Waals surface area contributed by atoms with Crippen molar-refractivity contribution in [3.05, 3.63) is 60.1 Å². The van der Waals surface area contributed by atoms with Crippen molar-refractivity contribution in [3.63, 3.8) is 0 Å². The molecule has 0 spiro atoms. The molecule has 1 aliphatic carbocycles. The van der Waals surface area contributed by atoms with E-state index in [-0.39, 0.29) is 0 Å². The van der Waals surface area contributed by atoms with Crippen LogP contribution in [0.2, 0.25) is 0 Å². The third-order valence-corrected chi connectivity index (χ3v) is 5.78. The van der Waals surface area contributed by atoms with Gasteiger partial charge in [0.2, 0.25) is 5.88 Å². The first-order valence-electron chi connectivity index (χ1n) is 11.0. The standard InChI is InChI=1S/C23H22N10O/c1-13-10-33(32-31-13)16-7-3-14(4-8-16)9-24-21-19-22(27-11-26-19)30-20(29-21)17-18(15-5-6-15)25-12-28-23(17)34-2/h3-4,7-8,10-12,15H,5-6,9H2,1-2H3,(H2,24,26,27,29,30). The molecule has 5 aromatic rings. The van der Waals surface area contributed by atoms with Crippen LogP contribution < -0.4 is 10.1 Å². The molecular formula is C23H22N10O. The van der Waals surface area contributed by atoms with E-state index in [1.54, 1.807) is 18.1 Å². The molecule has 4 heterocycles. The lowest BCUT2D eigenvalue weighted by Crippen LogP contribution is -2.07. The zero-order valence-corrected chi connectivity index (χ0v) is 18.7. The summed E-state index contributed by atoms with van der Waals surface area (Å²) >= 11 is 0. The number of benzene rings is 1. The van der Waals surface area contributed by atoms with Crippen LogP contribution in [-0.2, 0) is 6.54 Å². The minimum absolute atomic E-state index is 0.383. The molecule has 0 bridgehead atoms. The van der Waals surface area contributed by atoms with E-state index < -0.39 is 0 Å². The van der Waals surface area contributed by atoms with E-state index in [0.717, 1.165) is 46.6 Å². The second-order valence-electron chi connectivity index (χ2n) is 8.24. The van der Waals surface area contributed by atoms with Gasteiger partial charge in [-0.15, -0.1) is 5.10 Å². The van der Waals surface area contributed by atoms with Crippen molar-refractivity contribution < 1.29 is 4.74 Å². The lowest BCUT2D eigenvalue weighted by Gasteiger charge is -2.13. The number of nitrogens with one attached hydrogen (secondary N) is 2. The molecule has 0 radical (unpaired) electrons. The van der Waals surface area contributed by atoms with Crippen LogP contribution in [0.3, 0.4) is 0 Å². The average molecular weight is 454 g/mol. The number of H-pyrrole nitrogens is 1. The number of imidazole rings is 1. The zero-order chi connectivity index (χ0) is 23.1. The fourth-order valence-corrected chi connectivity index (χ4v) is 3.91.